The molecule has 0 saturated carbocycles. The number of hydrogen-bond donors (Lipinski definition) is 1. The first-order chi connectivity index (χ1) is 8.27. The lowest BCUT2D eigenvalue weighted by Crippen LogP contribution is -2.28. The molecule has 1 aliphatic heterocycles. The molecule has 2 heterocycles. The summed E-state index contributed by atoms with van der Waals surface area (Å²) in [6.07, 6.45) is 2.02. The number of carbonyl (C=O) groups excluding carboxylic acids is 1. The molecule has 1 aliphatic rings. The summed E-state index contributed by atoms with van der Waals surface area (Å²) in [4.78, 5) is 11.7. The van der Waals surface area contributed by atoms with E-state index in [9.17, 15) is 4.79 Å². The molecule has 0 amide bonds. The zero-order valence-electron chi connectivity index (χ0n) is 10.3. The van der Waals surface area contributed by atoms with Gasteiger partial charge in [-0.25, -0.2) is 9.48 Å². The van der Waals surface area contributed by atoms with Crippen molar-refractivity contribution in [3.05, 3.63) is 11.4 Å². The number of nitrogens with one attached hydrogen (secondary N) is 1. The molecule has 0 aromatic carbocycles. The van der Waals surface area contributed by atoms with E-state index < -0.39 is 5.97 Å². The van der Waals surface area contributed by atoms with Crippen LogP contribution in [0.5, 0.6) is 0 Å². The number of piperidine rings is 1. The van der Waals surface area contributed by atoms with E-state index in [1.165, 1.54) is 7.11 Å². The fraction of sp³-hybridized carbons (Fsp3) is 0.727. The first-order valence-corrected chi connectivity index (χ1v) is 6.00. The Bertz CT molecular complexity index is 396. The van der Waals surface area contributed by atoms with E-state index in [1.807, 2.05) is 11.6 Å². The van der Waals surface area contributed by atoms with E-state index in [4.69, 9.17) is 4.74 Å². The second kappa shape index (κ2) is 5.27. The van der Waals surface area contributed by atoms with Crippen LogP contribution in [0, 0.1) is 0 Å². The second-order valence-corrected chi connectivity index (χ2v) is 4.15. The molecule has 0 bridgehead atoms. The third kappa shape index (κ3) is 2.31. The van der Waals surface area contributed by atoms with E-state index in [0.717, 1.165) is 38.2 Å². The fourth-order valence-electron chi connectivity index (χ4n) is 2.30. The third-order valence-corrected chi connectivity index (χ3v) is 3.18. The number of ether oxygens (including phenoxy) is 1. The lowest BCUT2D eigenvalue weighted by molar-refractivity contribution is 0.0591. The van der Waals surface area contributed by atoms with E-state index >= 15 is 0 Å². The molecule has 0 spiro atoms. The van der Waals surface area contributed by atoms with Crippen molar-refractivity contribution in [1.82, 2.24) is 20.3 Å². The molecule has 1 aromatic heterocycles. The van der Waals surface area contributed by atoms with Gasteiger partial charge in [0.1, 0.15) is 0 Å². The Morgan fingerprint density at radius 2 is 2.24 bits per heavy atom. The standard InChI is InChI=1S/C11H18N4O2/c1-3-15-10(8-4-6-12-7-5-8)9(13-14-15)11(16)17-2/h8,12H,3-7H2,1-2H3. The van der Waals surface area contributed by atoms with Gasteiger partial charge in [-0.3, -0.25) is 0 Å². The maximum Gasteiger partial charge on any atom is 0.360 e. The van der Waals surface area contributed by atoms with Gasteiger partial charge in [0.25, 0.3) is 0 Å². The summed E-state index contributed by atoms with van der Waals surface area (Å²) in [5, 5.41) is 11.3. The normalized spacial score (nSPS) is 17.1. The van der Waals surface area contributed by atoms with Crippen molar-refractivity contribution >= 4 is 5.97 Å². The molecule has 1 N–H and O–H groups in total. The maximum absolute atomic E-state index is 11.7. The van der Waals surface area contributed by atoms with E-state index in [2.05, 4.69) is 15.6 Å². The average Bonchev–Trinajstić information content (AvgIpc) is 2.82. The van der Waals surface area contributed by atoms with Crippen LogP contribution in [0.1, 0.15) is 41.9 Å². The number of aryl methyl sites for hydroxylation is 1. The minimum atomic E-state index is -0.391. The highest BCUT2D eigenvalue weighted by molar-refractivity contribution is 5.88. The van der Waals surface area contributed by atoms with E-state index in [0.29, 0.717) is 11.6 Å². The Morgan fingerprint density at radius 3 is 2.82 bits per heavy atom. The predicted octanol–water partition coefficient (Wildman–Crippen LogP) is 0.552. The van der Waals surface area contributed by atoms with E-state index in [-0.39, 0.29) is 0 Å². The molecule has 1 fully saturated rings. The number of nitrogens with zero attached hydrogens (tertiary/aromatic N) is 3. The minimum absolute atomic E-state index is 0.347. The van der Waals surface area contributed by atoms with Crippen LogP contribution in [0.25, 0.3) is 0 Å². The molecule has 1 saturated heterocycles. The number of rotatable bonds is 3. The van der Waals surface area contributed by atoms with Crippen molar-refractivity contribution in [2.24, 2.45) is 0 Å². The number of hydrogen-bond acceptors (Lipinski definition) is 5. The van der Waals surface area contributed by atoms with Crippen LogP contribution >= 0.6 is 0 Å². The quantitative estimate of drug-likeness (QED) is 0.779. The first-order valence-electron chi connectivity index (χ1n) is 6.00. The highest BCUT2D eigenvalue weighted by Gasteiger charge is 2.27. The zero-order valence-corrected chi connectivity index (χ0v) is 10.3. The van der Waals surface area contributed by atoms with Gasteiger partial charge in [-0.15, -0.1) is 5.10 Å². The first kappa shape index (κ1) is 12.0. The molecule has 0 unspecified atom stereocenters. The second-order valence-electron chi connectivity index (χ2n) is 4.15. The van der Waals surface area contributed by atoms with Crippen molar-refractivity contribution in [2.45, 2.75) is 32.2 Å². The van der Waals surface area contributed by atoms with Gasteiger partial charge in [-0.1, -0.05) is 5.21 Å². The molecule has 0 atom stereocenters. The third-order valence-electron chi connectivity index (χ3n) is 3.18. The lowest BCUT2D eigenvalue weighted by atomic mass is 9.93. The summed E-state index contributed by atoms with van der Waals surface area (Å²) in [5.74, 6) is -0.0430. The summed E-state index contributed by atoms with van der Waals surface area (Å²) in [7, 11) is 1.37. The molecule has 0 radical (unpaired) electrons. The van der Waals surface area contributed by atoms with Gasteiger partial charge in [0.2, 0.25) is 0 Å². The summed E-state index contributed by atoms with van der Waals surface area (Å²) in [5.41, 5.74) is 1.31. The molecule has 6 nitrogen and oxygen atoms in total. The van der Waals surface area contributed by atoms with E-state index in [1.54, 1.807) is 0 Å². The van der Waals surface area contributed by atoms with Crippen LogP contribution in [0.15, 0.2) is 0 Å². The molecular weight excluding hydrogens is 220 g/mol. The maximum atomic E-state index is 11.7. The van der Waals surface area contributed by atoms with Gasteiger partial charge in [0.05, 0.1) is 12.8 Å². The number of esters is 1. The highest BCUT2D eigenvalue weighted by Crippen LogP contribution is 2.27. The van der Waals surface area contributed by atoms with Gasteiger partial charge >= 0.3 is 5.97 Å². The van der Waals surface area contributed by atoms with Crippen molar-refractivity contribution in [3.63, 3.8) is 0 Å². The number of carbonyl (C=O) groups is 1. The van der Waals surface area contributed by atoms with Gasteiger partial charge in [-0.2, -0.15) is 0 Å². The molecular formula is C11H18N4O2. The van der Waals surface area contributed by atoms with Crippen molar-refractivity contribution in [3.8, 4) is 0 Å². The molecule has 17 heavy (non-hydrogen) atoms. The van der Waals surface area contributed by atoms with Crippen LogP contribution in [0.3, 0.4) is 0 Å². The molecule has 6 heteroatoms. The van der Waals surface area contributed by atoms with Gasteiger partial charge in [0, 0.05) is 12.5 Å². The summed E-state index contributed by atoms with van der Waals surface area (Å²) < 4.78 is 6.56. The van der Waals surface area contributed by atoms with Crippen LogP contribution in [-0.2, 0) is 11.3 Å². The van der Waals surface area contributed by atoms with Gasteiger partial charge < -0.3 is 10.1 Å². The number of aromatic nitrogens is 3. The number of methoxy groups -OCH3 is 1. The average molecular weight is 238 g/mol. The summed E-state index contributed by atoms with van der Waals surface area (Å²) in [6.45, 7) is 4.67. The minimum Gasteiger partial charge on any atom is -0.464 e. The van der Waals surface area contributed by atoms with Crippen LogP contribution in [0.2, 0.25) is 0 Å². The van der Waals surface area contributed by atoms with Crippen LogP contribution < -0.4 is 5.32 Å². The zero-order chi connectivity index (χ0) is 12.3. The Balaban J connectivity index is 2.33. The Labute approximate surface area is 100 Å². The fourth-order valence-corrected chi connectivity index (χ4v) is 2.30. The van der Waals surface area contributed by atoms with Crippen LogP contribution in [-0.4, -0.2) is 41.2 Å². The predicted molar refractivity (Wildman–Crippen MR) is 61.9 cm³/mol. The summed E-state index contributed by atoms with van der Waals surface area (Å²) >= 11 is 0. The van der Waals surface area contributed by atoms with Crippen LogP contribution in [0.4, 0.5) is 0 Å². The molecule has 2 rings (SSSR count). The monoisotopic (exact) mass is 238 g/mol. The van der Waals surface area contributed by atoms with Gasteiger partial charge in [0.15, 0.2) is 5.69 Å². The topological polar surface area (TPSA) is 69.0 Å². The largest absolute Gasteiger partial charge is 0.464 e. The SMILES string of the molecule is CCn1nnc(C(=O)OC)c1C1CCNCC1. The Hall–Kier alpha value is -1.43. The Kier molecular flexibility index (Phi) is 3.73. The Morgan fingerprint density at radius 1 is 1.53 bits per heavy atom. The summed E-state index contributed by atoms with van der Waals surface area (Å²) in [6, 6.07) is 0. The van der Waals surface area contributed by atoms with Crippen molar-refractivity contribution in [1.29, 1.82) is 0 Å². The lowest BCUT2D eigenvalue weighted by Gasteiger charge is -2.23. The van der Waals surface area contributed by atoms with Crippen molar-refractivity contribution in [2.75, 3.05) is 20.2 Å². The van der Waals surface area contributed by atoms with Crippen molar-refractivity contribution < 1.29 is 9.53 Å². The smallest absolute Gasteiger partial charge is 0.360 e. The molecule has 0 aliphatic carbocycles. The van der Waals surface area contributed by atoms with Gasteiger partial charge in [-0.05, 0) is 32.9 Å². The highest BCUT2D eigenvalue weighted by atomic mass is 16.5. The molecule has 94 valence electrons. The molecule has 1 aromatic rings.